The molecule has 0 saturated heterocycles. The quantitative estimate of drug-likeness (QED) is 0.259. The second-order valence-corrected chi connectivity index (χ2v) is 8.17. The molecule has 0 aliphatic heterocycles. The van der Waals surface area contributed by atoms with Crippen LogP contribution >= 0.6 is 11.3 Å². The Morgan fingerprint density at radius 3 is 2.06 bits per heavy atom. The van der Waals surface area contributed by atoms with E-state index in [4.69, 9.17) is 14.2 Å². The standard InChI is InChI=1S/C26H22O6S/c1-29-18-8-6-17(7-9-18)26-24(21-13-12-20(30-2)14-22(21)33-26)25(28)16-4-10-19(11-5-16)32-15-23(27)31-3/h4-14H,15H2,1-3H3. The molecule has 0 aliphatic carbocycles. The number of hydrogen-bond donors (Lipinski definition) is 0. The lowest BCUT2D eigenvalue weighted by molar-refractivity contribution is -0.142. The van der Waals surface area contributed by atoms with Gasteiger partial charge in [-0.1, -0.05) is 0 Å². The van der Waals surface area contributed by atoms with Crippen LogP contribution in [0, 0.1) is 0 Å². The van der Waals surface area contributed by atoms with Crippen molar-refractivity contribution in [3.05, 3.63) is 77.9 Å². The van der Waals surface area contributed by atoms with Crippen LogP contribution in [0.2, 0.25) is 0 Å². The number of ether oxygens (including phenoxy) is 4. The number of rotatable bonds is 8. The molecular weight excluding hydrogens is 440 g/mol. The smallest absolute Gasteiger partial charge is 0.343 e. The van der Waals surface area contributed by atoms with Crippen molar-refractivity contribution in [1.82, 2.24) is 0 Å². The highest BCUT2D eigenvalue weighted by atomic mass is 32.1. The van der Waals surface area contributed by atoms with Crippen molar-refractivity contribution in [2.24, 2.45) is 0 Å². The molecule has 0 atom stereocenters. The monoisotopic (exact) mass is 462 g/mol. The van der Waals surface area contributed by atoms with Crippen LogP contribution < -0.4 is 14.2 Å². The minimum Gasteiger partial charge on any atom is -0.497 e. The van der Waals surface area contributed by atoms with Crippen molar-refractivity contribution >= 4 is 33.2 Å². The van der Waals surface area contributed by atoms with Crippen molar-refractivity contribution in [3.63, 3.8) is 0 Å². The molecule has 0 amide bonds. The third-order valence-corrected chi connectivity index (χ3v) is 6.38. The Labute approximate surface area is 195 Å². The van der Waals surface area contributed by atoms with E-state index >= 15 is 0 Å². The molecule has 0 bridgehead atoms. The van der Waals surface area contributed by atoms with Crippen LogP contribution in [-0.2, 0) is 9.53 Å². The molecule has 4 aromatic rings. The van der Waals surface area contributed by atoms with E-state index in [0.29, 0.717) is 16.9 Å². The largest absolute Gasteiger partial charge is 0.497 e. The number of esters is 1. The normalized spacial score (nSPS) is 10.6. The molecule has 0 fully saturated rings. The molecule has 0 aliphatic rings. The topological polar surface area (TPSA) is 71.1 Å². The van der Waals surface area contributed by atoms with Gasteiger partial charge in [0.1, 0.15) is 17.2 Å². The van der Waals surface area contributed by atoms with Crippen LogP contribution in [0.4, 0.5) is 0 Å². The molecule has 7 heteroatoms. The van der Waals surface area contributed by atoms with Crippen LogP contribution in [0.5, 0.6) is 17.2 Å². The van der Waals surface area contributed by atoms with Crippen LogP contribution in [0.1, 0.15) is 15.9 Å². The van der Waals surface area contributed by atoms with Gasteiger partial charge in [-0.05, 0) is 72.3 Å². The van der Waals surface area contributed by atoms with Crippen molar-refractivity contribution in [2.75, 3.05) is 27.9 Å². The number of benzene rings is 3. The minimum absolute atomic E-state index is 0.100. The Hall–Kier alpha value is -3.84. The molecule has 1 heterocycles. The van der Waals surface area contributed by atoms with E-state index in [-0.39, 0.29) is 12.4 Å². The molecule has 33 heavy (non-hydrogen) atoms. The van der Waals surface area contributed by atoms with Gasteiger partial charge in [0.25, 0.3) is 0 Å². The van der Waals surface area contributed by atoms with Crippen molar-refractivity contribution in [1.29, 1.82) is 0 Å². The molecule has 0 spiro atoms. The first-order valence-electron chi connectivity index (χ1n) is 10.1. The van der Waals surface area contributed by atoms with Crippen molar-refractivity contribution in [3.8, 4) is 27.7 Å². The Balaban J connectivity index is 1.74. The first-order chi connectivity index (χ1) is 16.0. The highest BCUT2D eigenvalue weighted by Gasteiger charge is 2.22. The Kier molecular flexibility index (Phi) is 6.60. The average Bonchev–Trinajstić information content (AvgIpc) is 3.25. The average molecular weight is 463 g/mol. The second kappa shape index (κ2) is 9.75. The van der Waals surface area contributed by atoms with Gasteiger partial charge in [-0.25, -0.2) is 4.79 Å². The molecule has 3 aromatic carbocycles. The van der Waals surface area contributed by atoms with Crippen molar-refractivity contribution in [2.45, 2.75) is 0 Å². The molecular formula is C26H22O6S. The van der Waals surface area contributed by atoms with E-state index < -0.39 is 5.97 Å². The molecule has 0 saturated carbocycles. The Morgan fingerprint density at radius 1 is 0.788 bits per heavy atom. The third-order valence-electron chi connectivity index (χ3n) is 5.18. The van der Waals surface area contributed by atoms with Gasteiger partial charge in [0.15, 0.2) is 12.4 Å². The lowest BCUT2D eigenvalue weighted by atomic mass is 9.97. The fraction of sp³-hybridized carbons (Fsp3) is 0.154. The van der Waals surface area contributed by atoms with Gasteiger partial charge in [-0.2, -0.15) is 0 Å². The summed E-state index contributed by atoms with van der Waals surface area (Å²) in [5.41, 5.74) is 2.08. The van der Waals surface area contributed by atoms with Crippen LogP contribution in [0.15, 0.2) is 66.7 Å². The van der Waals surface area contributed by atoms with E-state index in [0.717, 1.165) is 32.0 Å². The maximum atomic E-state index is 13.7. The van der Waals surface area contributed by atoms with Crippen LogP contribution in [-0.4, -0.2) is 39.7 Å². The summed E-state index contributed by atoms with van der Waals surface area (Å²) in [6, 6.07) is 20.1. The first kappa shape index (κ1) is 22.4. The van der Waals surface area contributed by atoms with E-state index in [1.807, 2.05) is 42.5 Å². The number of methoxy groups -OCH3 is 3. The third kappa shape index (κ3) is 4.68. The van der Waals surface area contributed by atoms with Gasteiger partial charge in [0.05, 0.1) is 21.3 Å². The second-order valence-electron chi connectivity index (χ2n) is 7.12. The van der Waals surface area contributed by atoms with E-state index in [2.05, 4.69) is 4.74 Å². The number of ketones is 1. The molecule has 0 radical (unpaired) electrons. The van der Waals surface area contributed by atoms with Crippen molar-refractivity contribution < 1.29 is 28.5 Å². The molecule has 4 rings (SSSR count). The molecule has 6 nitrogen and oxygen atoms in total. The lowest BCUT2D eigenvalue weighted by Gasteiger charge is -2.08. The summed E-state index contributed by atoms with van der Waals surface area (Å²) < 4.78 is 21.6. The zero-order chi connectivity index (χ0) is 23.4. The Morgan fingerprint density at radius 2 is 1.42 bits per heavy atom. The van der Waals surface area contributed by atoms with Gasteiger partial charge in [-0.3, -0.25) is 4.79 Å². The summed E-state index contributed by atoms with van der Waals surface area (Å²) in [5.74, 6) is 1.39. The fourth-order valence-corrected chi connectivity index (χ4v) is 4.66. The molecule has 0 unspecified atom stereocenters. The number of carbonyl (C=O) groups is 2. The van der Waals surface area contributed by atoms with E-state index in [9.17, 15) is 9.59 Å². The SMILES string of the molecule is COC(=O)COc1ccc(C(=O)c2c(-c3ccc(OC)cc3)sc3cc(OC)ccc23)cc1. The van der Waals surface area contributed by atoms with Crippen LogP contribution in [0.25, 0.3) is 20.5 Å². The molecule has 0 N–H and O–H groups in total. The minimum atomic E-state index is -0.473. The number of hydrogen-bond acceptors (Lipinski definition) is 7. The summed E-state index contributed by atoms with van der Waals surface area (Å²) in [7, 11) is 4.54. The lowest BCUT2D eigenvalue weighted by Crippen LogP contribution is -2.12. The summed E-state index contributed by atoms with van der Waals surface area (Å²) in [4.78, 5) is 25.8. The number of fused-ring (bicyclic) bond motifs is 1. The maximum Gasteiger partial charge on any atom is 0.343 e. The number of thiophene rings is 1. The molecule has 1 aromatic heterocycles. The zero-order valence-electron chi connectivity index (χ0n) is 18.4. The summed E-state index contributed by atoms with van der Waals surface area (Å²) >= 11 is 1.54. The van der Waals surface area contributed by atoms with E-state index in [1.54, 1.807) is 49.8 Å². The molecule has 168 valence electrons. The zero-order valence-corrected chi connectivity index (χ0v) is 19.2. The predicted octanol–water partition coefficient (Wildman–Crippen LogP) is 5.37. The van der Waals surface area contributed by atoms with Gasteiger partial charge in [0, 0.05) is 26.1 Å². The number of carbonyl (C=O) groups excluding carboxylic acids is 2. The maximum absolute atomic E-state index is 13.7. The first-order valence-corrected chi connectivity index (χ1v) is 10.9. The highest BCUT2D eigenvalue weighted by Crippen LogP contribution is 2.41. The summed E-state index contributed by atoms with van der Waals surface area (Å²) in [6.07, 6.45) is 0. The van der Waals surface area contributed by atoms with E-state index in [1.165, 1.54) is 7.11 Å². The van der Waals surface area contributed by atoms with Gasteiger partial charge >= 0.3 is 5.97 Å². The van der Waals surface area contributed by atoms with Gasteiger partial charge in [-0.15, -0.1) is 11.3 Å². The van der Waals surface area contributed by atoms with Gasteiger partial charge in [0.2, 0.25) is 0 Å². The predicted molar refractivity (Wildman–Crippen MR) is 128 cm³/mol. The van der Waals surface area contributed by atoms with Crippen LogP contribution in [0.3, 0.4) is 0 Å². The fourth-order valence-electron chi connectivity index (χ4n) is 3.42. The highest BCUT2D eigenvalue weighted by molar-refractivity contribution is 7.22. The van der Waals surface area contributed by atoms with Gasteiger partial charge < -0.3 is 18.9 Å². The Bertz CT molecular complexity index is 1290. The summed E-state index contributed by atoms with van der Waals surface area (Å²) in [6.45, 7) is -0.192. The summed E-state index contributed by atoms with van der Waals surface area (Å²) in [5, 5.41) is 0.864.